The zero-order valence-corrected chi connectivity index (χ0v) is 15.4. The smallest absolute Gasteiger partial charge is 0.191 e. The summed E-state index contributed by atoms with van der Waals surface area (Å²) in [6.07, 6.45) is 2.23. The number of halogens is 3. The predicted molar refractivity (Wildman–Crippen MR) is 95.5 cm³/mol. The van der Waals surface area contributed by atoms with Crippen molar-refractivity contribution in [2.24, 2.45) is 10.7 Å². The van der Waals surface area contributed by atoms with Gasteiger partial charge in [0.25, 0.3) is 0 Å². The Balaban J connectivity index is 0.00000242. The first-order chi connectivity index (χ1) is 9.91. The Kier molecular flexibility index (Phi) is 6.98. The number of rotatable bonds is 5. The van der Waals surface area contributed by atoms with E-state index in [2.05, 4.69) is 4.99 Å². The molecule has 1 fully saturated rings. The van der Waals surface area contributed by atoms with E-state index < -0.39 is 17.7 Å². The highest BCUT2D eigenvalue weighted by molar-refractivity contribution is 14.0. The van der Waals surface area contributed by atoms with E-state index in [0.717, 1.165) is 12.8 Å². The monoisotopic (exact) mass is 424 g/mol. The molecule has 1 saturated carbocycles. The maximum atomic E-state index is 13.9. The van der Waals surface area contributed by atoms with Crippen molar-refractivity contribution in [1.29, 1.82) is 0 Å². The van der Waals surface area contributed by atoms with E-state index in [0.29, 0.717) is 12.0 Å². The van der Waals surface area contributed by atoms with E-state index in [9.17, 15) is 8.78 Å². The van der Waals surface area contributed by atoms with E-state index in [1.807, 2.05) is 11.9 Å². The van der Waals surface area contributed by atoms with Gasteiger partial charge in [0.1, 0.15) is 11.6 Å². The number of likely N-dealkylation sites (N-methyl/N-ethyl adjacent to an activating group) is 1. The third kappa shape index (κ3) is 4.52. The van der Waals surface area contributed by atoms with Gasteiger partial charge < -0.3 is 15.5 Å². The second-order valence-electron chi connectivity index (χ2n) is 5.66. The molecule has 124 valence electrons. The lowest BCUT2D eigenvalue weighted by Gasteiger charge is -2.25. The molecule has 1 unspecified atom stereocenters. The summed E-state index contributed by atoms with van der Waals surface area (Å²) in [5.74, 6) is -0.697. The summed E-state index contributed by atoms with van der Waals surface area (Å²) in [6.45, 7) is 0.216. The Morgan fingerprint density at radius 3 is 2.27 bits per heavy atom. The van der Waals surface area contributed by atoms with Gasteiger partial charge in [0.05, 0.1) is 12.6 Å². The molecule has 7 heteroatoms. The molecular formula is C15H23F2IN4. The molecule has 0 saturated heterocycles. The van der Waals surface area contributed by atoms with Gasteiger partial charge >= 0.3 is 0 Å². The fourth-order valence-corrected chi connectivity index (χ4v) is 2.28. The molecule has 1 aromatic rings. The Labute approximate surface area is 147 Å². The maximum Gasteiger partial charge on any atom is 0.191 e. The summed E-state index contributed by atoms with van der Waals surface area (Å²) < 4.78 is 27.9. The van der Waals surface area contributed by atoms with E-state index in [1.165, 1.54) is 18.2 Å². The molecule has 22 heavy (non-hydrogen) atoms. The number of nitrogens with zero attached hydrogens (tertiary/aromatic N) is 3. The molecule has 4 nitrogen and oxygen atoms in total. The highest BCUT2D eigenvalue weighted by Gasteiger charge is 2.28. The number of benzene rings is 1. The van der Waals surface area contributed by atoms with Crippen LogP contribution in [0.1, 0.15) is 24.4 Å². The van der Waals surface area contributed by atoms with Crippen LogP contribution in [0.3, 0.4) is 0 Å². The van der Waals surface area contributed by atoms with E-state index >= 15 is 0 Å². The average Bonchev–Trinajstić information content (AvgIpc) is 3.24. The molecule has 0 heterocycles. The van der Waals surface area contributed by atoms with Crippen molar-refractivity contribution in [3.05, 3.63) is 35.4 Å². The normalized spacial score (nSPS) is 16.4. The average molecular weight is 424 g/mol. The first kappa shape index (κ1) is 19.1. The molecule has 1 aliphatic rings. The van der Waals surface area contributed by atoms with Crippen LogP contribution in [0, 0.1) is 11.6 Å². The van der Waals surface area contributed by atoms with E-state index in [4.69, 9.17) is 5.73 Å². The third-order valence-corrected chi connectivity index (χ3v) is 3.84. The molecule has 1 aromatic carbocycles. The van der Waals surface area contributed by atoms with Gasteiger partial charge in [0.2, 0.25) is 0 Å². The summed E-state index contributed by atoms with van der Waals surface area (Å²) >= 11 is 0. The molecule has 0 aliphatic heterocycles. The number of hydrogen-bond acceptors (Lipinski definition) is 2. The van der Waals surface area contributed by atoms with Crippen molar-refractivity contribution in [3.63, 3.8) is 0 Å². The van der Waals surface area contributed by atoms with Gasteiger partial charge in [-0.05, 0) is 39.1 Å². The highest BCUT2D eigenvalue weighted by atomic mass is 127. The van der Waals surface area contributed by atoms with Gasteiger partial charge in [0.15, 0.2) is 5.96 Å². The number of hydrogen-bond donors (Lipinski definition) is 1. The third-order valence-electron chi connectivity index (χ3n) is 3.84. The maximum absolute atomic E-state index is 13.9. The summed E-state index contributed by atoms with van der Waals surface area (Å²) in [7, 11) is 5.44. The largest absolute Gasteiger partial charge is 0.370 e. The molecule has 0 aromatic heterocycles. The van der Waals surface area contributed by atoms with Crippen LogP contribution in [-0.2, 0) is 0 Å². The van der Waals surface area contributed by atoms with Crippen molar-refractivity contribution < 1.29 is 8.78 Å². The van der Waals surface area contributed by atoms with Gasteiger partial charge in [-0.15, -0.1) is 24.0 Å². The summed E-state index contributed by atoms with van der Waals surface area (Å²) in [4.78, 5) is 7.98. The lowest BCUT2D eigenvalue weighted by molar-refractivity contribution is 0.289. The zero-order chi connectivity index (χ0) is 15.6. The summed E-state index contributed by atoms with van der Waals surface area (Å²) in [6, 6.07) is 3.85. The topological polar surface area (TPSA) is 44.9 Å². The van der Waals surface area contributed by atoms with Crippen molar-refractivity contribution in [2.45, 2.75) is 24.9 Å². The molecular weight excluding hydrogens is 401 g/mol. The molecule has 0 spiro atoms. The lowest BCUT2D eigenvalue weighted by Crippen LogP contribution is -2.36. The molecule has 2 rings (SSSR count). The molecule has 0 amide bonds. The Hall–Kier alpha value is -0.960. The summed E-state index contributed by atoms with van der Waals surface area (Å²) in [5, 5.41) is 0. The fourth-order valence-electron chi connectivity index (χ4n) is 2.28. The van der Waals surface area contributed by atoms with Crippen LogP contribution in [0.4, 0.5) is 8.78 Å². The van der Waals surface area contributed by atoms with Crippen molar-refractivity contribution in [2.75, 3.05) is 27.7 Å². The fraction of sp³-hybridized carbons (Fsp3) is 0.533. The van der Waals surface area contributed by atoms with Crippen LogP contribution in [0.15, 0.2) is 23.2 Å². The van der Waals surface area contributed by atoms with E-state index in [1.54, 1.807) is 19.0 Å². The molecule has 2 N–H and O–H groups in total. The highest BCUT2D eigenvalue weighted by Crippen LogP contribution is 2.26. The van der Waals surface area contributed by atoms with E-state index in [-0.39, 0.29) is 36.1 Å². The number of nitrogens with two attached hydrogens (primary N) is 1. The SMILES string of the molecule is CN(C)C(CN=C(N)N(C)C1CC1)c1c(F)cccc1F.I. The first-order valence-electron chi connectivity index (χ1n) is 7.05. The molecule has 1 aliphatic carbocycles. The van der Waals surface area contributed by atoms with Crippen LogP contribution >= 0.6 is 24.0 Å². The minimum atomic E-state index is -0.557. The van der Waals surface area contributed by atoms with Crippen LogP contribution in [0.25, 0.3) is 0 Å². The Morgan fingerprint density at radius 2 is 1.82 bits per heavy atom. The van der Waals surface area contributed by atoms with Crippen LogP contribution in [0.2, 0.25) is 0 Å². The van der Waals surface area contributed by atoms with Gasteiger partial charge in [0, 0.05) is 18.7 Å². The Morgan fingerprint density at radius 1 is 1.27 bits per heavy atom. The van der Waals surface area contributed by atoms with Gasteiger partial charge in [-0.3, -0.25) is 4.99 Å². The van der Waals surface area contributed by atoms with Gasteiger partial charge in [-0.1, -0.05) is 6.07 Å². The predicted octanol–water partition coefficient (Wildman–Crippen LogP) is 2.59. The summed E-state index contributed by atoms with van der Waals surface area (Å²) in [5.41, 5.74) is 5.97. The van der Waals surface area contributed by atoms with Crippen molar-refractivity contribution in [1.82, 2.24) is 9.80 Å². The van der Waals surface area contributed by atoms with Gasteiger partial charge in [-0.2, -0.15) is 0 Å². The minimum Gasteiger partial charge on any atom is -0.370 e. The molecule has 0 radical (unpaired) electrons. The van der Waals surface area contributed by atoms with Crippen LogP contribution in [-0.4, -0.2) is 49.5 Å². The van der Waals surface area contributed by atoms with Crippen molar-refractivity contribution >= 4 is 29.9 Å². The quantitative estimate of drug-likeness (QED) is 0.449. The van der Waals surface area contributed by atoms with Gasteiger partial charge in [-0.25, -0.2) is 8.78 Å². The van der Waals surface area contributed by atoms with Crippen LogP contribution in [0.5, 0.6) is 0 Å². The number of aliphatic imine (C=N–C) groups is 1. The molecule has 1 atom stereocenters. The second-order valence-corrected chi connectivity index (χ2v) is 5.66. The standard InChI is InChI=1S/C15H22F2N4.HI/c1-20(2)13(14-11(16)5-4-6-12(14)17)9-19-15(18)21(3)10-7-8-10;/h4-6,10,13H,7-9H2,1-3H3,(H2,18,19);1H. The zero-order valence-electron chi connectivity index (χ0n) is 13.1. The van der Waals surface area contributed by atoms with Crippen LogP contribution < -0.4 is 5.73 Å². The first-order valence-corrected chi connectivity index (χ1v) is 7.05. The lowest BCUT2D eigenvalue weighted by atomic mass is 10.0. The second kappa shape index (κ2) is 8.05. The molecule has 0 bridgehead atoms. The Bertz CT molecular complexity index is 512. The number of guanidine groups is 1. The van der Waals surface area contributed by atoms with Crippen molar-refractivity contribution in [3.8, 4) is 0 Å². The minimum absolute atomic E-state index is 0.